The van der Waals surface area contributed by atoms with Gasteiger partial charge in [-0.25, -0.2) is 5.01 Å². The number of anilines is 1. The molecule has 0 unspecified atom stereocenters. The van der Waals surface area contributed by atoms with Crippen LogP contribution in [-0.2, 0) is 9.53 Å². The molecule has 1 amide bonds. The number of benzene rings is 1. The van der Waals surface area contributed by atoms with E-state index in [1.54, 1.807) is 7.11 Å². The van der Waals surface area contributed by atoms with Gasteiger partial charge in [-0.2, -0.15) is 5.10 Å². The Bertz CT molecular complexity index is 454. The van der Waals surface area contributed by atoms with Gasteiger partial charge in [-0.3, -0.25) is 4.79 Å². The molecule has 0 bridgehead atoms. The zero-order valence-corrected chi connectivity index (χ0v) is 10.5. The molecule has 0 spiro atoms. The molecular weight excluding hydrogens is 232 g/mol. The highest BCUT2D eigenvalue weighted by molar-refractivity contribution is 6.13. The molecule has 1 heterocycles. The van der Waals surface area contributed by atoms with Crippen molar-refractivity contribution in [2.75, 3.05) is 25.3 Å². The number of hydrogen-bond donors (Lipinski definition) is 0. The van der Waals surface area contributed by atoms with E-state index in [9.17, 15) is 4.79 Å². The van der Waals surface area contributed by atoms with Crippen LogP contribution in [0.4, 0.5) is 5.69 Å². The Balaban J connectivity index is 2.13. The smallest absolute Gasteiger partial charge is 0.253 e. The lowest BCUT2D eigenvalue weighted by Gasteiger charge is -2.12. The highest BCUT2D eigenvalue weighted by Gasteiger charge is 2.24. The van der Waals surface area contributed by atoms with Crippen LogP contribution in [-0.4, -0.2) is 31.9 Å². The molecule has 0 saturated heterocycles. The number of ether oxygens (including phenoxy) is 2. The molecule has 96 valence electrons. The third-order valence-corrected chi connectivity index (χ3v) is 2.54. The number of carbonyl (C=O) groups is 1. The molecule has 0 fully saturated rings. The van der Waals surface area contributed by atoms with Crippen LogP contribution in [0.25, 0.3) is 0 Å². The molecule has 1 aromatic carbocycles. The van der Waals surface area contributed by atoms with E-state index in [2.05, 4.69) is 5.10 Å². The average molecular weight is 248 g/mol. The maximum absolute atomic E-state index is 11.8. The summed E-state index contributed by atoms with van der Waals surface area (Å²) in [6.07, 6.45) is 0.320. The van der Waals surface area contributed by atoms with E-state index in [1.165, 1.54) is 5.01 Å². The number of carbonyl (C=O) groups excluding carboxylic acids is 1. The lowest BCUT2D eigenvalue weighted by atomic mass is 10.2. The van der Waals surface area contributed by atoms with Crippen molar-refractivity contribution >= 4 is 17.3 Å². The van der Waals surface area contributed by atoms with Crippen molar-refractivity contribution in [3.63, 3.8) is 0 Å². The third-order valence-electron chi connectivity index (χ3n) is 2.54. The molecule has 0 aliphatic carbocycles. The lowest BCUT2D eigenvalue weighted by molar-refractivity contribution is -0.116. The number of amides is 1. The number of nitrogens with zero attached hydrogens (tertiary/aromatic N) is 2. The Labute approximate surface area is 106 Å². The van der Waals surface area contributed by atoms with Crippen molar-refractivity contribution < 1.29 is 14.3 Å². The van der Waals surface area contributed by atoms with E-state index < -0.39 is 0 Å². The van der Waals surface area contributed by atoms with Gasteiger partial charge < -0.3 is 9.47 Å². The summed E-state index contributed by atoms with van der Waals surface area (Å²) in [4.78, 5) is 11.8. The second-order valence-corrected chi connectivity index (χ2v) is 3.91. The summed E-state index contributed by atoms with van der Waals surface area (Å²) >= 11 is 0. The van der Waals surface area contributed by atoms with Crippen molar-refractivity contribution in [2.24, 2.45) is 5.10 Å². The second-order valence-electron chi connectivity index (χ2n) is 3.91. The first-order valence-corrected chi connectivity index (χ1v) is 5.85. The fraction of sp³-hybridized carbons (Fsp3) is 0.385. The zero-order valence-electron chi connectivity index (χ0n) is 10.5. The maximum Gasteiger partial charge on any atom is 0.253 e. The van der Waals surface area contributed by atoms with Crippen LogP contribution in [0.1, 0.15) is 13.3 Å². The van der Waals surface area contributed by atoms with Gasteiger partial charge in [0.15, 0.2) is 0 Å². The van der Waals surface area contributed by atoms with Crippen LogP contribution in [0.3, 0.4) is 0 Å². The highest BCUT2D eigenvalue weighted by atomic mass is 16.5. The number of rotatable bonds is 5. The maximum atomic E-state index is 11.8. The summed E-state index contributed by atoms with van der Waals surface area (Å²) in [5.41, 5.74) is 1.49. The summed E-state index contributed by atoms with van der Waals surface area (Å²) in [5.74, 6) is 0.750. The predicted molar refractivity (Wildman–Crippen MR) is 69.0 cm³/mol. The molecule has 0 N–H and O–H groups in total. The largest absolute Gasteiger partial charge is 0.494 e. The van der Waals surface area contributed by atoms with Crippen molar-refractivity contribution in [3.05, 3.63) is 24.3 Å². The SMILES string of the molecule is CCOc1ccc(N2N=C(COC)CC2=O)cc1. The van der Waals surface area contributed by atoms with Gasteiger partial charge >= 0.3 is 0 Å². The molecule has 0 radical (unpaired) electrons. The fourth-order valence-electron chi connectivity index (χ4n) is 1.78. The first-order valence-electron chi connectivity index (χ1n) is 5.85. The van der Waals surface area contributed by atoms with Crippen LogP contribution in [0.2, 0.25) is 0 Å². The van der Waals surface area contributed by atoms with Crippen molar-refractivity contribution in [1.82, 2.24) is 0 Å². The summed E-state index contributed by atoms with van der Waals surface area (Å²) < 4.78 is 10.3. The van der Waals surface area contributed by atoms with E-state index >= 15 is 0 Å². The van der Waals surface area contributed by atoms with Gasteiger partial charge in [0.05, 0.1) is 31.0 Å². The Morgan fingerprint density at radius 3 is 2.67 bits per heavy atom. The molecule has 1 aliphatic heterocycles. The molecule has 2 rings (SSSR count). The molecule has 1 aliphatic rings. The molecule has 0 saturated carbocycles. The van der Waals surface area contributed by atoms with Gasteiger partial charge in [-0.05, 0) is 31.2 Å². The van der Waals surface area contributed by atoms with E-state index in [4.69, 9.17) is 9.47 Å². The first-order chi connectivity index (χ1) is 8.74. The Morgan fingerprint density at radius 1 is 1.33 bits per heavy atom. The van der Waals surface area contributed by atoms with Crippen LogP contribution in [0, 0.1) is 0 Å². The van der Waals surface area contributed by atoms with Gasteiger partial charge in [0, 0.05) is 7.11 Å². The molecule has 5 nitrogen and oxygen atoms in total. The van der Waals surface area contributed by atoms with Gasteiger partial charge in [-0.15, -0.1) is 0 Å². The Kier molecular flexibility index (Phi) is 3.94. The van der Waals surface area contributed by atoms with Gasteiger partial charge in [0.2, 0.25) is 0 Å². The van der Waals surface area contributed by atoms with E-state index in [0.29, 0.717) is 19.6 Å². The highest BCUT2D eigenvalue weighted by Crippen LogP contribution is 2.23. The molecule has 0 atom stereocenters. The normalized spacial score (nSPS) is 14.9. The van der Waals surface area contributed by atoms with Gasteiger partial charge in [0.25, 0.3) is 5.91 Å². The predicted octanol–water partition coefficient (Wildman–Crippen LogP) is 1.82. The van der Waals surface area contributed by atoms with Crippen molar-refractivity contribution in [1.29, 1.82) is 0 Å². The van der Waals surface area contributed by atoms with Gasteiger partial charge in [0.1, 0.15) is 5.75 Å². The van der Waals surface area contributed by atoms with Crippen molar-refractivity contribution in [2.45, 2.75) is 13.3 Å². The Morgan fingerprint density at radius 2 is 2.06 bits per heavy atom. The van der Waals surface area contributed by atoms with Crippen LogP contribution >= 0.6 is 0 Å². The fourth-order valence-corrected chi connectivity index (χ4v) is 1.78. The van der Waals surface area contributed by atoms with Gasteiger partial charge in [-0.1, -0.05) is 0 Å². The van der Waals surface area contributed by atoms with Crippen molar-refractivity contribution in [3.8, 4) is 5.75 Å². The first kappa shape index (κ1) is 12.6. The average Bonchev–Trinajstić information content (AvgIpc) is 2.72. The summed E-state index contributed by atoms with van der Waals surface area (Å²) in [5, 5.41) is 5.65. The number of hydrazone groups is 1. The van der Waals surface area contributed by atoms with Crippen LogP contribution < -0.4 is 9.75 Å². The lowest BCUT2D eigenvalue weighted by Crippen LogP contribution is -2.19. The number of hydrogen-bond acceptors (Lipinski definition) is 4. The molecular formula is C13H16N2O3. The Hall–Kier alpha value is -1.88. The topological polar surface area (TPSA) is 51.1 Å². The summed E-state index contributed by atoms with van der Waals surface area (Å²) in [6.45, 7) is 2.94. The minimum atomic E-state index is -0.0359. The van der Waals surface area contributed by atoms with E-state index in [-0.39, 0.29) is 5.91 Å². The minimum Gasteiger partial charge on any atom is -0.494 e. The number of methoxy groups -OCH3 is 1. The standard InChI is InChI=1S/C13H16N2O3/c1-3-18-12-6-4-11(5-7-12)15-13(16)8-10(14-15)9-17-2/h4-7H,3,8-9H2,1-2H3. The zero-order chi connectivity index (χ0) is 13.0. The summed E-state index contributed by atoms with van der Waals surface area (Å²) in [6, 6.07) is 7.30. The molecule has 1 aromatic rings. The van der Waals surface area contributed by atoms with Crippen LogP contribution in [0.15, 0.2) is 29.4 Å². The monoisotopic (exact) mass is 248 g/mol. The van der Waals surface area contributed by atoms with Crippen LogP contribution in [0.5, 0.6) is 5.75 Å². The molecule has 0 aromatic heterocycles. The quantitative estimate of drug-likeness (QED) is 0.798. The third kappa shape index (κ3) is 2.68. The molecule has 18 heavy (non-hydrogen) atoms. The summed E-state index contributed by atoms with van der Waals surface area (Å²) in [7, 11) is 1.59. The minimum absolute atomic E-state index is 0.0359. The second kappa shape index (κ2) is 5.64. The van der Waals surface area contributed by atoms with E-state index in [0.717, 1.165) is 17.1 Å². The molecule has 5 heteroatoms. The van der Waals surface area contributed by atoms with E-state index in [1.807, 2.05) is 31.2 Å².